The van der Waals surface area contributed by atoms with Crippen LogP contribution in [0.3, 0.4) is 0 Å². The molecule has 9 nitrogen and oxygen atoms in total. The molecule has 2 saturated heterocycles. The number of imidazole rings is 1. The Morgan fingerprint density at radius 1 is 1.11 bits per heavy atom. The van der Waals surface area contributed by atoms with Crippen LogP contribution in [0.5, 0.6) is 0 Å². The van der Waals surface area contributed by atoms with Gasteiger partial charge in [-0.05, 0) is 19.3 Å². The molecule has 28 heavy (non-hydrogen) atoms. The Bertz CT molecular complexity index is 855. The maximum Gasteiger partial charge on any atom is 0.435 e. The van der Waals surface area contributed by atoms with E-state index in [9.17, 15) is 28.5 Å². The minimum Gasteiger partial charge on any atom is -0.394 e. The third kappa shape index (κ3) is 3.19. The van der Waals surface area contributed by atoms with E-state index in [0.29, 0.717) is 13.1 Å². The number of halogens is 3. The van der Waals surface area contributed by atoms with Gasteiger partial charge in [-0.1, -0.05) is 0 Å². The van der Waals surface area contributed by atoms with E-state index in [2.05, 4.69) is 15.0 Å². The second-order valence-corrected chi connectivity index (χ2v) is 6.97. The minimum atomic E-state index is -4.74. The number of anilines is 1. The molecule has 0 radical (unpaired) electrons. The van der Waals surface area contributed by atoms with Crippen LogP contribution in [0.15, 0.2) is 6.33 Å². The summed E-state index contributed by atoms with van der Waals surface area (Å²) in [6, 6.07) is 0. The number of aliphatic hydroxyl groups excluding tert-OH is 3. The lowest BCUT2D eigenvalue weighted by atomic mass is 10.1. The second-order valence-electron chi connectivity index (χ2n) is 6.97. The van der Waals surface area contributed by atoms with Crippen LogP contribution in [0.25, 0.3) is 11.2 Å². The van der Waals surface area contributed by atoms with E-state index in [4.69, 9.17) is 4.74 Å². The number of aliphatic hydroxyl groups is 3. The van der Waals surface area contributed by atoms with Gasteiger partial charge in [-0.2, -0.15) is 18.2 Å². The number of ether oxygens (including phenoxy) is 1. The second kappa shape index (κ2) is 7.10. The SMILES string of the molecule is OC[C@H]1OC(n2cnc3c(C(F)(F)F)nc(N4CCCCC4)nc32)[C@H](O)[C@@H]1O. The van der Waals surface area contributed by atoms with Gasteiger partial charge in [0.25, 0.3) is 0 Å². The van der Waals surface area contributed by atoms with Gasteiger partial charge in [-0.25, -0.2) is 9.97 Å². The Balaban J connectivity index is 1.83. The van der Waals surface area contributed by atoms with Crippen molar-refractivity contribution in [1.82, 2.24) is 19.5 Å². The topological polar surface area (TPSA) is 117 Å². The molecule has 0 aromatic carbocycles. The summed E-state index contributed by atoms with van der Waals surface area (Å²) >= 11 is 0. The van der Waals surface area contributed by atoms with Crippen LogP contribution in [0, 0.1) is 0 Å². The smallest absolute Gasteiger partial charge is 0.394 e. The molecule has 154 valence electrons. The molecule has 2 aliphatic rings. The monoisotopic (exact) mass is 403 g/mol. The zero-order chi connectivity index (χ0) is 20.1. The maximum absolute atomic E-state index is 13.6. The summed E-state index contributed by atoms with van der Waals surface area (Å²) in [5.41, 5.74) is -1.78. The molecule has 0 amide bonds. The van der Waals surface area contributed by atoms with Crippen molar-refractivity contribution in [2.24, 2.45) is 0 Å². The van der Waals surface area contributed by atoms with Gasteiger partial charge in [-0.3, -0.25) is 4.57 Å². The molecule has 3 N–H and O–H groups in total. The molecule has 4 atom stereocenters. The van der Waals surface area contributed by atoms with Gasteiger partial charge in [0, 0.05) is 13.1 Å². The normalized spacial score (nSPS) is 29.0. The first-order valence-electron chi connectivity index (χ1n) is 9.00. The first-order valence-corrected chi connectivity index (χ1v) is 9.00. The van der Waals surface area contributed by atoms with Gasteiger partial charge < -0.3 is 25.0 Å². The van der Waals surface area contributed by atoms with Crippen molar-refractivity contribution in [3.63, 3.8) is 0 Å². The Hall–Kier alpha value is -2.02. The lowest BCUT2D eigenvalue weighted by Crippen LogP contribution is -2.33. The number of piperidine rings is 1. The summed E-state index contributed by atoms with van der Waals surface area (Å²) in [5.74, 6) is -0.0620. The van der Waals surface area contributed by atoms with Crippen LogP contribution in [0.1, 0.15) is 31.2 Å². The van der Waals surface area contributed by atoms with Gasteiger partial charge >= 0.3 is 6.18 Å². The van der Waals surface area contributed by atoms with Crippen molar-refractivity contribution in [3.8, 4) is 0 Å². The van der Waals surface area contributed by atoms with Gasteiger partial charge in [0.05, 0.1) is 12.9 Å². The molecule has 2 fully saturated rings. The fraction of sp³-hybridized carbons (Fsp3) is 0.688. The van der Waals surface area contributed by atoms with Crippen LogP contribution >= 0.6 is 0 Å². The van der Waals surface area contributed by atoms with Crippen LogP contribution in [0.2, 0.25) is 0 Å². The molecule has 2 aliphatic heterocycles. The number of rotatable bonds is 3. The lowest BCUT2D eigenvalue weighted by Gasteiger charge is -2.27. The number of aromatic nitrogens is 4. The van der Waals surface area contributed by atoms with Crippen LogP contribution < -0.4 is 4.90 Å². The van der Waals surface area contributed by atoms with Crippen molar-refractivity contribution in [3.05, 3.63) is 12.0 Å². The van der Waals surface area contributed by atoms with Crippen LogP contribution in [-0.2, 0) is 10.9 Å². The largest absolute Gasteiger partial charge is 0.435 e. The zero-order valence-electron chi connectivity index (χ0n) is 14.7. The summed E-state index contributed by atoms with van der Waals surface area (Å²) < 4.78 is 47.3. The average Bonchev–Trinajstić information content (AvgIpc) is 3.22. The first-order chi connectivity index (χ1) is 13.3. The summed E-state index contributed by atoms with van der Waals surface area (Å²) in [6.07, 6.45) is -6.18. The maximum atomic E-state index is 13.6. The number of alkyl halides is 3. The lowest BCUT2D eigenvalue weighted by molar-refractivity contribution is -0.139. The van der Waals surface area contributed by atoms with Gasteiger partial charge in [0.2, 0.25) is 5.95 Å². The molecule has 2 aromatic rings. The summed E-state index contributed by atoms with van der Waals surface area (Å²) in [5, 5.41) is 29.4. The van der Waals surface area contributed by atoms with E-state index in [1.165, 1.54) is 0 Å². The Kier molecular flexibility index (Phi) is 4.89. The molecule has 0 bridgehead atoms. The predicted octanol–water partition coefficient (Wildman–Crippen LogP) is 0.447. The van der Waals surface area contributed by atoms with Crippen molar-refractivity contribution < 1.29 is 33.2 Å². The highest BCUT2D eigenvalue weighted by Gasteiger charge is 2.45. The van der Waals surface area contributed by atoms with E-state index >= 15 is 0 Å². The summed E-state index contributed by atoms with van der Waals surface area (Å²) in [7, 11) is 0. The summed E-state index contributed by atoms with van der Waals surface area (Å²) in [4.78, 5) is 13.5. The molecular weight excluding hydrogens is 383 g/mol. The van der Waals surface area contributed by atoms with E-state index in [-0.39, 0.29) is 11.6 Å². The minimum absolute atomic E-state index is 0.0620. The van der Waals surface area contributed by atoms with E-state index in [1.807, 2.05) is 0 Å². The number of nitrogens with zero attached hydrogens (tertiary/aromatic N) is 5. The third-order valence-corrected chi connectivity index (χ3v) is 5.11. The molecule has 0 saturated carbocycles. The number of fused-ring (bicyclic) bond motifs is 1. The average molecular weight is 403 g/mol. The molecule has 4 heterocycles. The van der Waals surface area contributed by atoms with Crippen LogP contribution in [-0.4, -0.2) is 72.8 Å². The fourth-order valence-electron chi connectivity index (χ4n) is 3.63. The molecule has 1 unspecified atom stereocenters. The number of hydrogen-bond acceptors (Lipinski definition) is 8. The van der Waals surface area contributed by atoms with Gasteiger partial charge in [0.15, 0.2) is 17.6 Å². The van der Waals surface area contributed by atoms with Crippen molar-refractivity contribution in [2.45, 2.75) is 50.0 Å². The van der Waals surface area contributed by atoms with Crippen molar-refractivity contribution in [2.75, 3.05) is 24.6 Å². The van der Waals surface area contributed by atoms with Crippen LogP contribution in [0.4, 0.5) is 19.1 Å². The fourth-order valence-corrected chi connectivity index (χ4v) is 3.63. The molecule has 12 heteroatoms. The predicted molar refractivity (Wildman–Crippen MR) is 89.4 cm³/mol. The molecule has 2 aromatic heterocycles. The Morgan fingerprint density at radius 3 is 2.43 bits per heavy atom. The summed E-state index contributed by atoms with van der Waals surface area (Å²) in [6.45, 7) is 0.540. The molecular formula is C16H20F3N5O4. The van der Waals surface area contributed by atoms with Crippen molar-refractivity contribution >= 4 is 17.1 Å². The van der Waals surface area contributed by atoms with E-state index < -0.39 is 48.5 Å². The standard InChI is InChI=1S/C16H20F3N5O4/c17-16(18,19)12-9-13(22-15(21-12)23-4-2-1-3-5-23)24(7-20-9)14-11(27)10(26)8(6-25)28-14/h7-8,10-11,14,25-27H,1-6H2/t8-,10-,11-,14?/m1/s1. The van der Waals surface area contributed by atoms with Gasteiger partial charge in [0.1, 0.15) is 23.8 Å². The van der Waals surface area contributed by atoms with E-state index in [0.717, 1.165) is 30.2 Å². The molecule has 4 rings (SSSR count). The quantitative estimate of drug-likeness (QED) is 0.676. The molecule has 0 spiro atoms. The van der Waals surface area contributed by atoms with E-state index in [1.54, 1.807) is 4.90 Å². The highest BCUT2D eigenvalue weighted by molar-refractivity contribution is 5.76. The number of hydrogen-bond donors (Lipinski definition) is 3. The first kappa shape index (κ1) is 19.3. The van der Waals surface area contributed by atoms with Crippen molar-refractivity contribution in [1.29, 1.82) is 0 Å². The zero-order valence-corrected chi connectivity index (χ0v) is 14.7. The van der Waals surface area contributed by atoms with Gasteiger partial charge in [-0.15, -0.1) is 0 Å². The molecule has 0 aliphatic carbocycles. The Labute approximate surface area is 157 Å². The third-order valence-electron chi connectivity index (χ3n) is 5.11. The Morgan fingerprint density at radius 2 is 1.82 bits per heavy atom. The highest BCUT2D eigenvalue weighted by Crippen LogP contribution is 2.37. The highest BCUT2D eigenvalue weighted by atomic mass is 19.4.